The van der Waals surface area contributed by atoms with E-state index in [0.717, 1.165) is 10.0 Å². The largest absolute Gasteiger partial charge is 0.326 e. The molecule has 1 aromatic carbocycles. The normalized spacial score (nSPS) is 11.6. The summed E-state index contributed by atoms with van der Waals surface area (Å²) in [6, 6.07) is 7.96. The maximum atomic E-state index is 12.0. The molecule has 0 spiro atoms. The minimum absolute atomic E-state index is 0.0955. The number of hydrogen-bond acceptors (Lipinski definition) is 5. The summed E-state index contributed by atoms with van der Waals surface area (Å²) < 4.78 is 24.9. The van der Waals surface area contributed by atoms with Crippen molar-refractivity contribution < 1.29 is 18.0 Å². The van der Waals surface area contributed by atoms with Crippen LogP contribution in [-0.4, -0.2) is 33.0 Å². The zero-order chi connectivity index (χ0) is 16.9. The van der Waals surface area contributed by atoms with Gasteiger partial charge in [0.25, 0.3) is 10.0 Å². The van der Waals surface area contributed by atoms with Crippen LogP contribution in [0.15, 0.2) is 46.0 Å². The molecule has 0 aliphatic carbocycles. The molecular formula is C15H18N2O4S2. The van der Waals surface area contributed by atoms with Gasteiger partial charge in [-0.15, -0.1) is 0 Å². The minimum atomic E-state index is -3.67. The second-order valence-corrected chi connectivity index (χ2v) is 7.52. The highest BCUT2D eigenvalue weighted by atomic mass is 32.2. The number of carbonyl (C=O) groups excluding carboxylic acids is 1. The van der Waals surface area contributed by atoms with E-state index < -0.39 is 10.0 Å². The maximum absolute atomic E-state index is 12.0. The van der Waals surface area contributed by atoms with E-state index >= 15 is 0 Å². The van der Waals surface area contributed by atoms with Crippen molar-refractivity contribution in [2.45, 2.75) is 17.7 Å². The van der Waals surface area contributed by atoms with Crippen LogP contribution in [0.5, 0.6) is 0 Å². The van der Waals surface area contributed by atoms with E-state index in [9.17, 15) is 13.2 Å². The first kappa shape index (κ1) is 17.6. The molecule has 0 unspecified atom stereocenters. The molecule has 0 atom stereocenters. The molecule has 0 saturated heterocycles. The summed E-state index contributed by atoms with van der Waals surface area (Å²) in [6.45, 7) is 0. The summed E-state index contributed by atoms with van der Waals surface area (Å²) in [4.78, 5) is 16.7. The van der Waals surface area contributed by atoms with Gasteiger partial charge in [-0.05, 0) is 53.1 Å². The number of benzene rings is 1. The van der Waals surface area contributed by atoms with Gasteiger partial charge in [-0.25, -0.2) is 8.42 Å². The van der Waals surface area contributed by atoms with Gasteiger partial charge in [-0.2, -0.15) is 11.3 Å². The lowest BCUT2D eigenvalue weighted by atomic mass is 10.2. The van der Waals surface area contributed by atoms with Gasteiger partial charge in [-0.1, -0.05) is 4.47 Å². The molecule has 124 valence electrons. The lowest BCUT2D eigenvalue weighted by Gasteiger charge is -2.14. The number of thiophene rings is 1. The van der Waals surface area contributed by atoms with Crippen LogP contribution >= 0.6 is 11.3 Å². The fourth-order valence-corrected chi connectivity index (χ4v) is 3.55. The number of amides is 1. The third kappa shape index (κ3) is 4.61. The number of anilines is 1. The van der Waals surface area contributed by atoms with Gasteiger partial charge in [0.1, 0.15) is 0 Å². The van der Waals surface area contributed by atoms with E-state index in [4.69, 9.17) is 4.84 Å². The van der Waals surface area contributed by atoms with Crippen molar-refractivity contribution >= 4 is 33.0 Å². The van der Waals surface area contributed by atoms with E-state index in [1.165, 1.54) is 26.3 Å². The van der Waals surface area contributed by atoms with E-state index in [1.54, 1.807) is 23.5 Å². The minimum Gasteiger partial charge on any atom is -0.326 e. The molecule has 0 fully saturated rings. The van der Waals surface area contributed by atoms with Crippen LogP contribution in [0.3, 0.4) is 0 Å². The van der Waals surface area contributed by atoms with Gasteiger partial charge in [0.2, 0.25) is 5.91 Å². The number of rotatable bonds is 7. The zero-order valence-electron chi connectivity index (χ0n) is 12.9. The number of sulfonamides is 1. The lowest BCUT2D eigenvalue weighted by molar-refractivity contribution is -0.116. The number of hydroxylamine groups is 1. The van der Waals surface area contributed by atoms with Crippen molar-refractivity contribution in [1.29, 1.82) is 0 Å². The second-order valence-electron chi connectivity index (χ2n) is 4.80. The van der Waals surface area contributed by atoms with Gasteiger partial charge in [0.15, 0.2) is 0 Å². The third-order valence-electron chi connectivity index (χ3n) is 3.25. The molecule has 8 heteroatoms. The van der Waals surface area contributed by atoms with Gasteiger partial charge >= 0.3 is 0 Å². The van der Waals surface area contributed by atoms with Crippen molar-refractivity contribution in [3.8, 4) is 0 Å². The van der Waals surface area contributed by atoms with Crippen LogP contribution in [-0.2, 0) is 26.1 Å². The molecule has 1 aromatic heterocycles. The molecule has 23 heavy (non-hydrogen) atoms. The third-order valence-corrected chi connectivity index (χ3v) is 5.68. The summed E-state index contributed by atoms with van der Waals surface area (Å²) in [5, 5.41) is 6.74. The maximum Gasteiger partial charge on any atom is 0.264 e. The average molecular weight is 354 g/mol. The van der Waals surface area contributed by atoms with Crippen LogP contribution < -0.4 is 5.32 Å². The Bertz CT molecular complexity index is 740. The Morgan fingerprint density at radius 1 is 1.26 bits per heavy atom. The highest BCUT2D eigenvalue weighted by Gasteiger charge is 2.20. The summed E-state index contributed by atoms with van der Waals surface area (Å²) >= 11 is 1.60. The molecule has 0 saturated carbocycles. The van der Waals surface area contributed by atoms with Gasteiger partial charge in [0, 0.05) is 19.2 Å². The number of nitrogens with one attached hydrogen (secondary N) is 1. The van der Waals surface area contributed by atoms with Crippen molar-refractivity contribution in [3.63, 3.8) is 0 Å². The van der Waals surface area contributed by atoms with E-state index in [2.05, 4.69) is 5.32 Å². The predicted octanol–water partition coefficient (Wildman–Crippen LogP) is 2.50. The first-order valence-electron chi connectivity index (χ1n) is 6.87. The number of nitrogens with zero attached hydrogens (tertiary/aromatic N) is 1. The molecule has 2 rings (SSSR count). The zero-order valence-corrected chi connectivity index (χ0v) is 14.5. The Balaban J connectivity index is 1.96. The quantitative estimate of drug-likeness (QED) is 0.775. The van der Waals surface area contributed by atoms with Gasteiger partial charge in [-0.3, -0.25) is 9.63 Å². The summed E-state index contributed by atoms with van der Waals surface area (Å²) in [7, 11) is -1.08. The Morgan fingerprint density at radius 3 is 2.52 bits per heavy atom. The fraction of sp³-hybridized carbons (Fsp3) is 0.267. The summed E-state index contributed by atoms with van der Waals surface area (Å²) in [5.74, 6) is -0.110. The molecule has 0 radical (unpaired) electrons. The topological polar surface area (TPSA) is 75.7 Å². The SMILES string of the molecule is CON(C)S(=O)(=O)c1ccc(NC(=O)CCc2ccsc2)cc1. The fourth-order valence-electron chi connectivity index (χ4n) is 1.87. The molecule has 1 N–H and O–H groups in total. The summed E-state index contributed by atoms with van der Waals surface area (Å²) in [6.07, 6.45) is 1.06. The van der Waals surface area contributed by atoms with Crippen molar-refractivity contribution in [1.82, 2.24) is 4.47 Å². The molecule has 0 aliphatic heterocycles. The average Bonchev–Trinajstić information content (AvgIpc) is 3.06. The van der Waals surface area contributed by atoms with Crippen LogP contribution in [0.2, 0.25) is 0 Å². The predicted molar refractivity (Wildman–Crippen MR) is 89.7 cm³/mol. The highest BCUT2D eigenvalue weighted by Crippen LogP contribution is 2.18. The molecular weight excluding hydrogens is 336 g/mol. The molecule has 1 heterocycles. The van der Waals surface area contributed by atoms with E-state index in [0.29, 0.717) is 18.5 Å². The summed E-state index contributed by atoms with van der Waals surface area (Å²) in [5.41, 5.74) is 1.69. The second kappa shape index (κ2) is 7.69. The van der Waals surface area contributed by atoms with Crippen molar-refractivity contribution in [2.24, 2.45) is 0 Å². The molecule has 0 aliphatic rings. The molecule has 2 aromatic rings. The van der Waals surface area contributed by atoms with Crippen LogP contribution in [0.1, 0.15) is 12.0 Å². The van der Waals surface area contributed by atoms with Crippen LogP contribution in [0.25, 0.3) is 0 Å². The number of aryl methyl sites for hydroxylation is 1. The van der Waals surface area contributed by atoms with Crippen molar-refractivity contribution in [2.75, 3.05) is 19.5 Å². The van der Waals surface area contributed by atoms with Crippen molar-refractivity contribution in [3.05, 3.63) is 46.7 Å². The van der Waals surface area contributed by atoms with E-state index in [1.807, 2.05) is 16.8 Å². The lowest BCUT2D eigenvalue weighted by Crippen LogP contribution is -2.25. The van der Waals surface area contributed by atoms with E-state index in [-0.39, 0.29) is 10.8 Å². The van der Waals surface area contributed by atoms with Crippen LogP contribution in [0.4, 0.5) is 5.69 Å². The first-order chi connectivity index (χ1) is 10.9. The Hall–Kier alpha value is -1.74. The van der Waals surface area contributed by atoms with Crippen LogP contribution in [0, 0.1) is 0 Å². The monoisotopic (exact) mass is 354 g/mol. The van der Waals surface area contributed by atoms with Gasteiger partial charge in [0.05, 0.1) is 12.0 Å². The molecule has 0 bridgehead atoms. The van der Waals surface area contributed by atoms with Gasteiger partial charge < -0.3 is 5.32 Å². The Kier molecular flexibility index (Phi) is 5.89. The number of carbonyl (C=O) groups is 1. The molecule has 1 amide bonds. The Morgan fingerprint density at radius 2 is 1.96 bits per heavy atom. The molecule has 6 nitrogen and oxygen atoms in total. The first-order valence-corrected chi connectivity index (χ1v) is 9.26. The smallest absolute Gasteiger partial charge is 0.264 e. The highest BCUT2D eigenvalue weighted by molar-refractivity contribution is 7.89. The standard InChI is InChI=1S/C15H18N2O4S2/c1-17(21-2)23(19,20)14-6-4-13(5-7-14)16-15(18)8-3-12-9-10-22-11-12/h4-7,9-11H,3,8H2,1-2H3,(H,16,18). The number of hydrogen-bond donors (Lipinski definition) is 1. The Labute approximate surface area is 139 Å².